The van der Waals surface area contributed by atoms with Gasteiger partial charge < -0.3 is 19.5 Å². The van der Waals surface area contributed by atoms with Crippen LogP contribution in [0.1, 0.15) is 32.1 Å². The maximum absolute atomic E-state index is 5.47. The van der Waals surface area contributed by atoms with Gasteiger partial charge >= 0.3 is 0 Å². The molecule has 4 heteroatoms. The van der Waals surface area contributed by atoms with Crippen LogP contribution in [-0.2, 0) is 14.2 Å². The fourth-order valence-electron chi connectivity index (χ4n) is 2.31. The largest absolute Gasteiger partial charge is 0.382 e. The monoisotopic (exact) mass is 259 g/mol. The van der Waals surface area contributed by atoms with Gasteiger partial charge in [-0.1, -0.05) is 19.3 Å². The number of methoxy groups -OCH3 is 1. The van der Waals surface area contributed by atoms with Gasteiger partial charge in [-0.2, -0.15) is 0 Å². The van der Waals surface area contributed by atoms with E-state index in [1.807, 2.05) is 0 Å². The normalized spacial score (nSPS) is 17.2. The number of ether oxygens (including phenoxy) is 3. The molecule has 0 aromatic carbocycles. The van der Waals surface area contributed by atoms with Gasteiger partial charge in [0, 0.05) is 13.7 Å². The first-order valence-electron chi connectivity index (χ1n) is 7.28. The van der Waals surface area contributed by atoms with Crippen molar-refractivity contribution < 1.29 is 14.2 Å². The molecule has 0 aliphatic heterocycles. The van der Waals surface area contributed by atoms with Gasteiger partial charge in [0.05, 0.1) is 33.0 Å². The molecule has 1 fully saturated rings. The van der Waals surface area contributed by atoms with Crippen molar-refractivity contribution >= 4 is 0 Å². The highest BCUT2D eigenvalue weighted by molar-refractivity contribution is 4.67. The van der Waals surface area contributed by atoms with Crippen molar-refractivity contribution in [3.8, 4) is 0 Å². The first-order valence-corrected chi connectivity index (χ1v) is 7.28. The molecule has 1 aliphatic carbocycles. The topological polar surface area (TPSA) is 39.7 Å². The summed E-state index contributed by atoms with van der Waals surface area (Å²) in [5.74, 6) is 0.899. The second kappa shape index (κ2) is 11.9. The second-order valence-corrected chi connectivity index (χ2v) is 4.93. The number of hydrogen-bond donors (Lipinski definition) is 1. The Morgan fingerprint density at radius 3 is 2.28 bits per heavy atom. The Labute approximate surface area is 111 Å². The fraction of sp³-hybridized carbons (Fsp3) is 1.00. The van der Waals surface area contributed by atoms with Crippen molar-refractivity contribution in [1.82, 2.24) is 5.32 Å². The molecule has 1 rings (SSSR count). The van der Waals surface area contributed by atoms with Gasteiger partial charge in [0.1, 0.15) is 0 Å². The molecule has 0 aromatic rings. The Morgan fingerprint density at radius 1 is 0.889 bits per heavy atom. The van der Waals surface area contributed by atoms with Crippen LogP contribution in [-0.4, -0.2) is 53.2 Å². The van der Waals surface area contributed by atoms with Crippen molar-refractivity contribution in [2.45, 2.75) is 32.1 Å². The molecular weight excluding hydrogens is 230 g/mol. The van der Waals surface area contributed by atoms with E-state index in [0.29, 0.717) is 26.4 Å². The lowest BCUT2D eigenvalue weighted by Gasteiger charge is -2.21. The average molecular weight is 259 g/mol. The molecule has 1 aliphatic rings. The summed E-state index contributed by atoms with van der Waals surface area (Å²) in [4.78, 5) is 0. The highest BCUT2D eigenvalue weighted by atomic mass is 16.5. The lowest BCUT2D eigenvalue weighted by atomic mass is 9.89. The highest BCUT2D eigenvalue weighted by Gasteiger charge is 2.12. The minimum absolute atomic E-state index is 0.653. The van der Waals surface area contributed by atoms with Crippen molar-refractivity contribution in [3.05, 3.63) is 0 Å². The van der Waals surface area contributed by atoms with E-state index in [1.165, 1.54) is 32.1 Å². The molecule has 1 N–H and O–H groups in total. The van der Waals surface area contributed by atoms with Crippen LogP contribution in [0.25, 0.3) is 0 Å². The minimum Gasteiger partial charge on any atom is -0.382 e. The van der Waals surface area contributed by atoms with Gasteiger partial charge in [0.2, 0.25) is 0 Å². The zero-order chi connectivity index (χ0) is 12.9. The maximum Gasteiger partial charge on any atom is 0.0701 e. The van der Waals surface area contributed by atoms with E-state index >= 15 is 0 Å². The van der Waals surface area contributed by atoms with Crippen LogP contribution in [0.4, 0.5) is 0 Å². The molecule has 0 spiro atoms. The molecule has 0 heterocycles. The maximum atomic E-state index is 5.47. The van der Waals surface area contributed by atoms with Crippen molar-refractivity contribution in [1.29, 1.82) is 0 Å². The van der Waals surface area contributed by atoms with Crippen LogP contribution in [0, 0.1) is 5.92 Å². The van der Waals surface area contributed by atoms with Gasteiger partial charge in [-0.15, -0.1) is 0 Å². The van der Waals surface area contributed by atoms with Gasteiger partial charge in [-0.05, 0) is 25.3 Å². The Bertz CT molecular complexity index is 172. The van der Waals surface area contributed by atoms with Crippen LogP contribution >= 0.6 is 0 Å². The van der Waals surface area contributed by atoms with Gasteiger partial charge in [-0.3, -0.25) is 0 Å². The molecule has 0 unspecified atom stereocenters. The Hall–Kier alpha value is -0.160. The molecule has 18 heavy (non-hydrogen) atoms. The van der Waals surface area contributed by atoms with Crippen molar-refractivity contribution in [3.63, 3.8) is 0 Å². The molecule has 0 aromatic heterocycles. The molecule has 1 saturated carbocycles. The van der Waals surface area contributed by atoms with Gasteiger partial charge in [0.25, 0.3) is 0 Å². The predicted molar refractivity (Wildman–Crippen MR) is 73.0 cm³/mol. The summed E-state index contributed by atoms with van der Waals surface area (Å²) in [6.07, 6.45) is 7.08. The fourth-order valence-corrected chi connectivity index (χ4v) is 2.31. The van der Waals surface area contributed by atoms with E-state index in [2.05, 4.69) is 5.32 Å². The molecule has 4 nitrogen and oxygen atoms in total. The molecule has 0 atom stereocenters. The van der Waals surface area contributed by atoms with Gasteiger partial charge in [-0.25, -0.2) is 0 Å². The Morgan fingerprint density at radius 2 is 1.56 bits per heavy atom. The lowest BCUT2D eigenvalue weighted by molar-refractivity contribution is 0.0254. The van der Waals surface area contributed by atoms with E-state index in [0.717, 1.165) is 25.6 Å². The summed E-state index contributed by atoms with van der Waals surface area (Å²) >= 11 is 0. The minimum atomic E-state index is 0.653. The summed E-state index contributed by atoms with van der Waals surface area (Å²) in [7, 11) is 1.68. The average Bonchev–Trinajstić information content (AvgIpc) is 2.42. The molecule has 0 saturated heterocycles. The molecular formula is C14H29NO3. The first kappa shape index (κ1) is 15.9. The van der Waals surface area contributed by atoms with Crippen LogP contribution in [0.15, 0.2) is 0 Å². The lowest BCUT2D eigenvalue weighted by Crippen LogP contribution is -2.27. The van der Waals surface area contributed by atoms with E-state index < -0.39 is 0 Å². The smallest absolute Gasteiger partial charge is 0.0701 e. The molecule has 0 amide bonds. The first-order chi connectivity index (χ1) is 8.93. The third-order valence-corrected chi connectivity index (χ3v) is 3.38. The highest BCUT2D eigenvalue weighted by Crippen LogP contribution is 2.22. The Balaban J connectivity index is 1.73. The van der Waals surface area contributed by atoms with Crippen LogP contribution in [0.2, 0.25) is 0 Å². The second-order valence-electron chi connectivity index (χ2n) is 4.93. The summed E-state index contributed by atoms with van der Waals surface area (Å²) < 4.78 is 15.7. The van der Waals surface area contributed by atoms with Crippen molar-refractivity contribution in [2.75, 3.05) is 53.2 Å². The Kier molecular flexibility index (Phi) is 10.5. The van der Waals surface area contributed by atoms with Crippen LogP contribution in [0.5, 0.6) is 0 Å². The van der Waals surface area contributed by atoms with E-state index in [1.54, 1.807) is 7.11 Å². The summed E-state index contributed by atoms with van der Waals surface area (Å²) in [6.45, 7) is 5.53. The van der Waals surface area contributed by atoms with Gasteiger partial charge in [0.15, 0.2) is 0 Å². The summed E-state index contributed by atoms with van der Waals surface area (Å²) in [5, 5.41) is 3.48. The molecule has 108 valence electrons. The zero-order valence-corrected chi connectivity index (χ0v) is 11.8. The van der Waals surface area contributed by atoms with E-state index in [4.69, 9.17) is 14.2 Å². The standard InChI is InChI=1S/C14H29NO3/c1-16-9-10-18-12-11-17-8-7-15-13-14-5-3-2-4-6-14/h14-15H,2-13H2,1H3. The third kappa shape index (κ3) is 8.86. The number of nitrogens with one attached hydrogen (secondary N) is 1. The quantitative estimate of drug-likeness (QED) is 0.575. The summed E-state index contributed by atoms with van der Waals surface area (Å²) in [6, 6.07) is 0. The summed E-state index contributed by atoms with van der Waals surface area (Å²) in [5.41, 5.74) is 0. The number of rotatable bonds is 11. The van der Waals surface area contributed by atoms with E-state index in [9.17, 15) is 0 Å². The predicted octanol–water partition coefficient (Wildman–Crippen LogP) is 1.84. The third-order valence-electron chi connectivity index (χ3n) is 3.38. The van der Waals surface area contributed by atoms with E-state index in [-0.39, 0.29) is 0 Å². The van der Waals surface area contributed by atoms with Crippen LogP contribution < -0.4 is 5.32 Å². The number of hydrogen-bond acceptors (Lipinski definition) is 4. The van der Waals surface area contributed by atoms with Crippen molar-refractivity contribution in [2.24, 2.45) is 5.92 Å². The van der Waals surface area contributed by atoms with Crippen LogP contribution in [0.3, 0.4) is 0 Å². The zero-order valence-electron chi connectivity index (χ0n) is 11.8. The molecule has 0 bridgehead atoms. The molecule has 0 radical (unpaired) electrons. The SMILES string of the molecule is COCCOCCOCCNCC1CCCCC1.